The summed E-state index contributed by atoms with van der Waals surface area (Å²) in [4.78, 5) is 0. The van der Waals surface area contributed by atoms with Gasteiger partial charge in [-0.2, -0.15) is 0 Å². The first-order valence-electron chi connectivity index (χ1n) is 7.58. The highest BCUT2D eigenvalue weighted by Crippen LogP contribution is 2.41. The Morgan fingerprint density at radius 3 is 1.88 bits per heavy atom. The van der Waals surface area contributed by atoms with E-state index in [0.29, 0.717) is 0 Å². The van der Waals surface area contributed by atoms with Crippen LogP contribution in [0, 0.1) is 23.7 Å². The van der Waals surface area contributed by atoms with Gasteiger partial charge in [-0.05, 0) is 62.2 Å². The summed E-state index contributed by atoms with van der Waals surface area (Å²) in [7, 11) is 0. The Labute approximate surface area is 107 Å². The maximum absolute atomic E-state index is 3.75. The molecule has 2 saturated carbocycles. The third-order valence-corrected chi connectivity index (χ3v) is 5.06. The fourth-order valence-electron chi connectivity index (χ4n) is 3.80. The van der Waals surface area contributed by atoms with Crippen LogP contribution in [-0.2, 0) is 0 Å². The normalized spacial score (nSPS) is 39.4. The molecule has 2 rings (SSSR count). The average molecular weight is 232 g/mol. The van der Waals surface area contributed by atoms with Gasteiger partial charge in [0.2, 0.25) is 0 Å². The van der Waals surface area contributed by atoms with Crippen LogP contribution in [0.3, 0.4) is 0 Å². The summed E-state index contributed by atoms with van der Waals surface area (Å²) in [6.07, 6.45) is 18.2. The molecule has 0 aromatic rings. The number of allylic oxidation sites excluding steroid dienone is 3. The van der Waals surface area contributed by atoms with Gasteiger partial charge in [-0.1, -0.05) is 44.6 Å². The lowest BCUT2D eigenvalue weighted by Gasteiger charge is -2.36. The van der Waals surface area contributed by atoms with Crippen LogP contribution in [0.25, 0.3) is 0 Å². The molecule has 0 N–H and O–H groups in total. The fourth-order valence-corrected chi connectivity index (χ4v) is 3.80. The minimum absolute atomic E-state index is 0.840. The first-order valence-corrected chi connectivity index (χ1v) is 7.58. The van der Waals surface area contributed by atoms with Gasteiger partial charge in [-0.25, -0.2) is 0 Å². The molecule has 0 heteroatoms. The molecular formula is C17H28. The molecule has 0 unspecified atom stereocenters. The van der Waals surface area contributed by atoms with Crippen LogP contribution < -0.4 is 0 Å². The predicted octanol–water partition coefficient (Wildman–Crippen LogP) is 5.36. The van der Waals surface area contributed by atoms with Crippen molar-refractivity contribution in [2.75, 3.05) is 0 Å². The largest absolute Gasteiger partial charge is 0.0991 e. The first-order chi connectivity index (χ1) is 8.29. The third-order valence-electron chi connectivity index (χ3n) is 5.06. The van der Waals surface area contributed by atoms with Crippen LogP contribution in [0.1, 0.15) is 58.3 Å². The highest BCUT2D eigenvalue weighted by Gasteiger charge is 2.29. The van der Waals surface area contributed by atoms with E-state index in [1.807, 2.05) is 6.08 Å². The van der Waals surface area contributed by atoms with Crippen LogP contribution in [-0.4, -0.2) is 0 Å². The summed E-state index contributed by atoms with van der Waals surface area (Å²) in [5.74, 6) is 3.95. The molecule has 0 aromatic heterocycles. The van der Waals surface area contributed by atoms with Gasteiger partial charge < -0.3 is 0 Å². The van der Waals surface area contributed by atoms with Gasteiger partial charge >= 0.3 is 0 Å². The standard InChI is InChI=1S/C17H28/c1-3-4-5-15-8-12-17(13-9-15)16-10-6-14(2)7-11-16/h3-5,14-17H,1,6-13H2,2H3. The molecule has 0 atom stereocenters. The predicted molar refractivity (Wildman–Crippen MR) is 75.9 cm³/mol. The molecule has 0 heterocycles. The van der Waals surface area contributed by atoms with E-state index in [4.69, 9.17) is 0 Å². The summed E-state index contributed by atoms with van der Waals surface area (Å²) in [5, 5.41) is 0. The molecule has 2 fully saturated rings. The van der Waals surface area contributed by atoms with Gasteiger partial charge in [-0.3, -0.25) is 0 Å². The Kier molecular flexibility index (Phi) is 4.88. The van der Waals surface area contributed by atoms with Crippen LogP contribution in [0.2, 0.25) is 0 Å². The number of hydrogen-bond donors (Lipinski definition) is 0. The van der Waals surface area contributed by atoms with Crippen LogP contribution in [0.5, 0.6) is 0 Å². The van der Waals surface area contributed by atoms with E-state index in [-0.39, 0.29) is 0 Å². The maximum atomic E-state index is 3.75. The molecule has 96 valence electrons. The summed E-state index contributed by atoms with van der Waals surface area (Å²) in [6.45, 7) is 6.18. The van der Waals surface area contributed by atoms with E-state index in [1.165, 1.54) is 51.4 Å². The molecule has 0 bridgehead atoms. The molecular weight excluding hydrogens is 204 g/mol. The Hall–Kier alpha value is -0.520. The Bertz CT molecular complexity index is 247. The average Bonchev–Trinajstić information content (AvgIpc) is 2.38. The van der Waals surface area contributed by atoms with E-state index in [2.05, 4.69) is 25.7 Å². The summed E-state index contributed by atoms with van der Waals surface area (Å²) in [5.41, 5.74) is 0. The van der Waals surface area contributed by atoms with E-state index in [0.717, 1.165) is 23.7 Å². The lowest BCUT2D eigenvalue weighted by atomic mass is 9.69. The van der Waals surface area contributed by atoms with Crippen molar-refractivity contribution >= 4 is 0 Å². The number of rotatable bonds is 3. The van der Waals surface area contributed by atoms with Crippen molar-refractivity contribution in [2.24, 2.45) is 23.7 Å². The zero-order chi connectivity index (χ0) is 12.1. The van der Waals surface area contributed by atoms with Crippen LogP contribution in [0.15, 0.2) is 24.8 Å². The topological polar surface area (TPSA) is 0 Å². The van der Waals surface area contributed by atoms with Gasteiger partial charge in [0.25, 0.3) is 0 Å². The SMILES string of the molecule is C=CC=CC1CCC(C2CCC(C)CC2)CC1. The van der Waals surface area contributed by atoms with Gasteiger partial charge in [0.15, 0.2) is 0 Å². The van der Waals surface area contributed by atoms with Gasteiger partial charge in [0.05, 0.1) is 0 Å². The molecule has 0 aliphatic heterocycles. The van der Waals surface area contributed by atoms with Crippen molar-refractivity contribution in [1.82, 2.24) is 0 Å². The molecule has 0 saturated heterocycles. The second kappa shape index (κ2) is 6.42. The van der Waals surface area contributed by atoms with Gasteiger partial charge in [0, 0.05) is 0 Å². The van der Waals surface area contributed by atoms with E-state index < -0.39 is 0 Å². The molecule has 2 aliphatic carbocycles. The second-order valence-electron chi connectivity index (χ2n) is 6.32. The van der Waals surface area contributed by atoms with E-state index >= 15 is 0 Å². The van der Waals surface area contributed by atoms with Crippen molar-refractivity contribution in [1.29, 1.82) is 0 Å². The molecule has 2 aliphatic rings. The molecule has 0 spiro atoms. The lowest BCUT2D eigenvalue weighted by molar-refractivity contribution is 0.160. The Morgan fingerprint density at radius 2 is 1.35 bits per heavy atom. The summed E-state index contributed by atoms with van der Waals surface area (Å²) >= 11 is 0. The zero-order valence-corrected chi connectivity index (χ0v) is 11.4. The summed E-state index contributed by atoms with van der Waals surface area (Å²) in [6, 6.07) is 0. The quantitative estimate of drug-likeness (QED) is 0.574. The minimum Gasteiger partial charge on any atom is -0.0991 e. The third kappa shape index (κ3) is 3.72. The second-order valence-corrected chi connectivity index (χ2v) is 6.32. The van der Waals surface area contributed by atoms with Gasteiger partial charge in [-0.15, -0.1) is 0 Å². The summed E-state index contributed by atoms with van der Waals surface area (Å²) < 4.78 is 0. The van der Waals surface area contributed by atoms with Crippen molar-refractivity contribution in [3.05, 3.63) is 24.8 Å². The first kappa shape index (κ1) is 12.9. The molecule has 0 aromatic carbocycles. The van der Waals surface area contributed by atoms with E-state index in [9.17, 15) is 0 Å². The molecule has 0 radical (unpaired) electrons. The molecule has 17 heavy (non-hydrogen) atoms. The molecule has 0 amide bonds. The smallest absolute Gasteiger partial charge is 0.0230 e. The Balaban J connectivity index is 1.75. The highest BCUT2D eigenvalue weighted by atomic mass is 14.3. The lowest BCUT2D eigenvalue weighted by Crippen LogP contribution is -2.24. The zero-order valence-electron chi connectivity index (χ0n) is 11.4. The fraction of sp³-hybridized carbons (Fsp3) is 0.765. The van der Waals surface area contributed by atoms with Crippen molar-refractivity contribution in [3.8, 4) is 0 Å². The van der Waals surface area contributed by atoms with Crippen LogP contribution >= 0.6 is 0 Å². The highest BCUT2D eigenvalue weighted by molar-refractivity contribution is 5.01. The van der Waals surface area contributed by atoms with Crippen molar-refractivity contribution < 1.29 is 0 Å². The van der Waals surface area contributed by atoms with Crippen molar-refractivity contribution in [2.45, 2.75) is 58.3 Å². The maximum Gasteiger partial charge on any atom is -0.0230 e. The monoisotopic (exact) mass is 232 g/mol. The Morgan fingerprint density at radius 1 is 0.824 bits per heavy atom. The minimum atomic E-state index is 0.840. The van der Waals surface area contributed by atoms with Crippen LogP contribution in [0.4, 0.5) is 0 Å². The number of hydrogen-bond acceptors (Lipinski definition) is 0. The van der Waals surface area contributed by atoms with E-state index in [1.54, 1.807) is 0 Å². The van der Waals surface area contributed by atoms with Crippen molar-refractivity contribution in [3.63, 3.8) is 0 Å². The molecule has 0 nitrogen and oxygen atoms in total. The van der Waals surface area contributed by atoms with Gasteiger partial charge in [0.1, 0.15) is 0 Å².